The molecule has 0 aliphatic carbocycles. The lowest BCUT2D eigenvalue weighted by atomic mass is 10.2. The minimum atomic E-state index is 0.722. The van der Waals surface area contributed by atoms with E-state index < -0.39 is 0 Å². The Morgan fingerprint density at radius 1 is 1.21 bits per heavy atom. The smallest absolute Gasteiger partial charge is 0.127 e. The van der Waals surface area contributed by atoms with Crippen molar-refractivity contribution >= 4 is 28.8 Å². The van der Waals surface area contributed by atoms with Crippen LogP contribution in [-0.4, -0.2) is 11.5 Å². The minimum absolute atomic E-state index is 0.722. The van der Waals surface area contributed by atoms with Crippen LogP contribution in [0.1, 0.15) is 18.9 Å². The molecule has 2 aromatic rings. The molecule has 19 heavy (non-hydrogen) atoms. The minimum Gasteiger partial charge on any atom is -0.370 e. The zero-order valence-corrected chi connectivity index (χ0v) is 12.0. The van der Waals surface area contributed by atoms with Crippen molar-refractivity contribution < 1.29 is 0 Å². The molecule has 0 fully saturated rings. The normalized spacial score (nSPS) is 10.3. The van der Waals surface area contributed by atoms with E-state index >= 15 is 0 Å². The summed E-state index contributed by atoms with van der Waals surface area (Å²) in [5.74, 6) is 0.870. The lowest BCUT2D eigenvalue weighted by Gasteiger charge is -2.10. The molecule has 0 atom stereocenters. The zero-order valence-electron chi connectivity index (χ0n) is 11.2. The van der Waals surface area contributed by atoms with Gasteiger partial charge in [-0.1, -0.05) is 24.6 Å². The topological polar surface area (TPSA) is 37.0 Å². The van der Waals surface area contributed by atoms with Crippen molar-refractivity contribution in [2.24, 2.45) is 0 Å². The molecule has 2 N–H and O–H groups in total. The summed E-state index contributed by atoms with van der Waals surface area (Å²) in [5.41, 5.74) is 3.02. The van der Waals surface area contributed by atoms with Gasteiger partial charge in [0.1, 0.15) is 5.82 Å². The van der Waals surface area contributed by atoms with Crippen LogP contribution in [-0.2, 0) is 0 Å². The number of aryl methyl sites for hydroxylation is 1. The molecule has 4 heteroatoms. The third-order valence-electron chi connectivity index (χ3n) is 2.72. The molecule has 3 nitrogen and oxygen atoms in total. The Labute approximate surface area is 119 Å². The fourth-order valence-corrected chi connectivity index (χ4v) is 2.02. The first-order valence-corrected chi connectivity index (χ1v) is 6.80. The Hall–Kier alpha value is -1.74. The maximum Gasteiger partial charge on any atom is 0.127 e. The van der Waals surface area contributed by atoms with Gasteiger partial charge in [-0.05, 0) is 37.1 Å². The van der Waals surface area contributed by atoms with Crippen molar-refractivity contribution in [1.82, 2.24) is 4.98 Å². The third kappa shape index (κ3) is 3.86. The fourth-order valence-electron chi connectivity index (χ4n) is 1.74. The highest BCUT2D eigenvalue weighted by Crippen LogP contribution is 2.26. The van der Waals surface area contributed by atoms with E-state index in [2.05, 4.69) is 22.5 Å². The molecule has 0 aliphatic rings. The highest BCUT2D eigenvalue weighted by atomic mass is 35.5. The van der Waals surface area contributed by atoms with Gasteiger partial charge in [0.25, 0.3) is 0 Å². The van der Waals surface area contributed by atoms with Gasteiger partial charge in [0.15, 0.2) is 0 Å². The van der Waals surface area contributed by atoms with Crippen molar-refractivity contribution in [1.29, 1.82) is 0 Å². The first kappa shape index (κ1) is 13.7. The second-order valence-corrected chi connectivity index (χ2v) is 4.87. The molecule has 0 saturated heterocycles. The van der Waals surface area contributed by atoms with Crippen molar-refractivity contribution in [2.75, 3.05) is 17.2 Å². The number of hydrogen-bond donors (Lipinski definition) is 2. The van der Waals surface area contributed by atoms with E-state index in [9.17, 15) is 0 Å². The second kappa shape index (κ2) is 6.43. The monoisotopic (exact) mass is 275 g/mol. The molecule has 100 valence electrons. The van der Waals surface area contributed by atoms with Gasteiger partial charge in [0.2, 0.25) is 0 Å². The predicted octanol–water partition coefficient (Wildman–Crippen LogP) is 4.61. The van der Waals surface area contributed by atoms with Gasteiger partial charge in [-0.15, -0.1) is 0 Å². The van der Waals surface area contributed by atoms with Crippen molar-refractivity contribution in [3.05, 3.63) is 47.1 Å². The number of halogens is 1. The van der Waals surface area contributed by atoms with Gasteiger partial charge in [-0.25, -0.2) is 4.98 Å². The van der Waals surface area contributed by atoms with Crippen molar-refractivity contribution in [3.8, 4) is 0 Å². The number of rotatable bonds is 5. The Bertz CT molecular complexity index is 555. The molecular formula is C15H18ClN3. The van der Waals surface area contributed by atoms with Crippen LogP contribution < -0.4 is 10.6 Å². The summed E-state index contributed by atoms with van der Waals surface area (Å²) in [6.45, 7) is 5.07. The van der Waals surface area contributed by atoms with Crippen LogP contribution in [0.3, 0.4) is 0 Å². The zero-order chi connectivity index (χ0) is 13.7. The molecule has 0 radical (unpaired) electrons. The molecule has 1 aromatic heterocycles. The highest BCUT2D eigenvalue weighted by molar-refractivity contribution is 6.33. The summed E-state index contributed by atoms with van der Waals surface area (Å²) in [4.78, 5) is 4.27. The van der Waals surface area contributed by atoms with Crippen LogP contribution in [0.25, 0.3) is 0 Å². The Kier molecular flexibility index (Phi) is 4.63. The number of pyridine rings is 1. The quantitative estimate of drug-likeness (QED) is 0.837. The van der Waals surface area contributed by atoms with Crippen LogP contribution in [0.4, 0.5) is 17.2 Å². The molecule has 0 unspecified atom stereocenters. The van der Waals surface area contributed by atoms with E-state index in [1.807, 2.05) is 37.3 Å². The van der Waals surface area contributed by atoms with Gasteiger partial charge in [0, 0.05) is 24.5 Å². The second-order valence-electron chi connectivity index (χ2n) is 4.46. The third-order valence-corrected chi connectivity index (χ3v) is 3.03. The summed E-state index contributed by atoms with van der Waals surface area (Å²) < 4.78 is 0. The Morgan fingerprint density at radius 2 is 2.05 bits per heavy atom. The van der Waals surface area contributed by atoms with Gasteiger partial charge in [0.05, 0.1) is 10.7 Å². The summed E-state index contributed by atoms with van der Waals surface area (Å²) in [7, 11) is 0. The number of hydrogen-bond acceptors (Lipinski definition) is 3. The van der Waals surface area contributed by atoms with Crippen LogP contribution in [0.15, 0.2) is 36.5 Å². The molecule has 0 amide bonds. The SMILES string of the molecule is CCCNc1cc(Nc2ccc(C)cc2Cl)ccn1. The highest BCUT2D eigenvalue weighted by Gasteiger charge is 2.02. The lowest BCUT2D eigenvalue weighted by molar-refractivity contribution is 0.969. The van der Waals surface area contributed by atoms with E-state index in [0.717, 1.165) is 40.7 Å². The van der Waals surface area contributed by atoms with Gasteiger partial charge in [-0.2, -0.15) is 0 Å². The number of anilines is 3. The molecule has 0 bridgehead atoms. The van der Waals surface area contributed by atoms with Crippen LogP contribution in [0.5, 0.6) is 0 Å². The van der Waals surface area contributed by atoms with E-state index in [4.69, 9.17) is 11.6 Å². The first-order valence-electron chi connectivity index (χ1n) is 6.42. The van der Waals surface area contributed by atoms with Crippen molar-refractivity contribution in [3.63, 3.8) is 0 Å². The molecule has 1 heterocycles. The maximum absolute atomic E-state index is 6.21. The molecular weight excluding hydrogens is 258 g/mol. The summed E-state index contributed by atoms with van der Waals surface area (Å²) in [6.07, 6.45) is 2.85. The lowest BCUT2D eigenvalue weighted by Crippen LogP contribution is -2.02. The first-order chi connectivity index (χ1) is 9.19. The summed E-state index contributed by atoms with van der Waals surface area (Å²) >= 11 is 6.21. The largest absolute Gasteiger partial charge is 0.370 e. The summed E-state index contributed by atoms with van der Waals surface area (Å²) in [5, 5.41) is 7.29. The number of benzene rings is 1. The molecule has 0 aliphatic heterocycles. The van der Waals surface area contributed by atoms with E-state index in [-0.39, 0.29) is 0 Å². The van der Waals surface area contributed by atoms with Crippen molar-refractivity contribution in [2.45, 2.75) is 20.3 Å². The molecule has 1 aromatic carbocycles. The van der Waals surface area contributed by atoms with Gasteiger partial charge < -0.3 is 10.6 Å². The number of nitrogens with zero attached hydrogens (tertiary/aromatic N) is 1. The van der Waals surface area contributed by atoms with Crippen LogP contribution in [0, 0.1) is 6.92 Å². The standard InChI is InChI=1S/C15H18ClN3/c1-3-7-17-15-10-12(6-8-18-15)19-14-5-4-11(2)9-13(14)16/h4-6,8-10H,3,7H2,1-2H3,(H2,17,18,19). The molecule has 0 saturated carbocycles. The fraction of sp³-hybridized carbons (Fsp3) is 0.267. The van der Waals surface area contributed by atoms with Crippen LogP contribution in [0.2, 0.25) is 5.02 Å². The average Bonchev–Trinajstić information content (AvgIpc) is 2.40. The molecule has 2 rings (SSSR count). The van der Waals surface area contributed by atoms with E-state index in [0.29, 0.717) is 0 Å². The van der Waals surface area contributed by atoms with E-state index in [1.54, 1.807) is 6.20 Å². The average molecular weight is 276 g/mol. The molecule has 0 spiro atoms. The maximum atomic E-state index is 6.21. The van der Waals surface area contributed by atoms with Gasteiger partial charge in [-0.3, -0.25) is 0 Å². The Balaban J connectivity index is 2.14. The Morgan fingerprint density at radius 3 is 2.79 bits per heavy atom. The predicted molar refractivity (Wildman–Crippen MR) is 82.5 cm³/mol. The van der Waals surface area contributed by atoms with Crippen LogP contribution >= 0.6 is 11.6 Å². The van der Waals surface area contributed by atoms with Gasteiger partial charge >= 0.3 is 0 Å². The summed E-state index contributed by atoms with van der Waals surface area (Å²) in [6, 6.07) is 9.86. The number of aromatic nitrogens is 1. The number of nitrogens with one attached hydrogen (secondary N) is 2. The van der Waals surface area contributed by atoms with E-state index in [1.165, 1.54) is 0 Å².